The summed E-state index contributed by atoms with van der Waals surface area (Å²) in [6.45, 7) is 0. The summed E-state index contributed by atoms with van der Waals surface area (Å²) in [4.78, 5) is 3.63. The van der Waals surface area contributed by atoms with E-state index in [2.05, 4.69) is 10.1 Å². The zero-order valence-corrected chi connectivity index (χ0v) is 9.00. The number of halogens is 4. The van der Waals surface area contributed by atoms with Crippen LogP contribution >= 0.6 is 11.6 Å². The minimum absolute atomic E-state index is 0.124. The molecule has 0 spiro atoms. The van der Waals surface area contributed by atoms with Gasteiger partial charge in [0.1, 0.15) is 10.8 Å². The molecule has 90 valence electrons. The van der Waals surface area contributed by atoms with Gasteiger partial charge in [-0.05, 0) is 12.1 Å². The van der Waals surface area contributed by atoms with Crippen molar-refractivity contribution in [1.29, 1.82) is 0 Å². The van der Waals surface area contributed by atoms with Crippen LogP contribution in [0.4, 0.5) is 19.0 Å². The number of rotatable bonds is 1. The summed E-state index contributed by atoms with van der Waals surface area (Å²) in [5.41, 5.74) is 4.73. The lowest BCUT2D eigenvalue weighted by atomic mass is 10.3. The van der Waals surface area contributed by atoms with Gasteiger partial charge in [-0.15, -0.1) is 0 Å². The molecule has 0 aliphatic rings. The number of hydrogen-bond donors (Lipinski definition) is 1. The zero-order valence-electron chi connectivity index (χ0n) is 8.24. The van der Waals surface area contributed by atoms with Gasteiger partial charge in [0, 0.05) is 6.20 Å². The molecule has 0 atom stereocenters. The SMILES string of the molecule is Nc1c(Cl)cnn1-c1ccc(C(F)(F)F)cn1. The lowest BCUT2D eigenvalue weighted by Crippen LogP contribution is -2.08. The molecule has 2 aromatic rings. The first kappa shape index (κ1) is 11.7. The van der Waals surface area contributed by atoms with Gasteiger partial charge in [-0.25, -0.2) is 4.98 Å². The number of alkyl halides is 3. The Balaban J connectivity index is 2.40. The molecule has 2 heterocycles. The van der Waals surface area contributed by atoms with Gasteiger partial charge in [-0.3, -0.25) is 0 Å². The monoisotopic (exact) mass is 262 g/mol. The highest BCUT2D eigenvalue weighted by Gasteiger charge is 2.30. The maximum Gasteiger partial charge on any atom is 0.417 e. The number of pyridine rings is 1. The van der Waals surface area contributed by atoms with Crippen LogP contribution in [0.5, 0.6) is 0 Å². The fourth-order valence-corrected chi connectivity index (χ4v) is 1.32. The molecule has 2 rings (SSSR count). The van der Waals surface area contributed by atoms with E-state index in [1.807, 2.05) is 0 Å². The first-order chi connectivity index (χ1) is 7.89. The number of anilines is 1. The number of nitrogen functional groups attached to an aromatic ring is 1. The maximum absolute atomic E-state index is 12.3. The van der Waals surface area contributed by atoms with Gasteiger partial charge in [-0.1, -0.05) is 11.6 Å². The lowest BCUT2D eigenvalue weighted by Gasteiger charge is -2.07. The van der Waals surface area contributed by atoms with Crippen LogP contribution in [0.25, 0.3) is 5.82 Å². The van der Waals surface area contributed by atoms with Gasteiger partial charge < -0.3 is 5.73 Å². The summed E-state index contributed by atoms with van der Waals surface area (Å²) in [6.07, 6.45) is -2.42. The molecule has 2 aromatic heterocycles. The minimum atomic E-state index is -4.42. The highest BCUT2D eigenvalue weighted by Crippen LogP contribution is 2.29. The fraction of sp³-hybridized carbons (Fsp3) is 0.111. The molecule has 2 N–H and O–H groups in total. The van der Waals surface area contributed by atoms with Crippen molar-refractivity contribution in [2.75, 3.05) is 5.73 Å². The van der Waals surface area contributed by atoms with E-state index in [-0.39, 0.29) is 16.7 Å². The molecule has 0 bridgehead atoms. The van der Waals surface area contributed by atoms with Crippen molar-refractivity contribution in [1.82, 2.24) is 14.8 Å². The van der Waals surface area contributed by atoms with Crippen LogP contribution < -0.4 is 5.73 Å². The Bertz CT molecular complexity index is 532. The molecule has 0 fully saturated rings. The Morgan fingerprint density at radius 2 is 1.94 bits per heavy atom. The summed E-state index contributed by atoms with van der Waals surface area (Å²) >= 11 is 5.67. The number of nitrogens with two attached hydrogens (primary N) is 1. The van der Waals surface area contributed by atoms with Crippen LogP contribution in [-0.4, -0.2) is 14.8 Å². The summed E-state index contributed by atoms with van der Waals surface area (Å²) in [7, 11) is 0. The normalized spacial score (nSPS) is 11.8. The summed E-state index contributed by atoms with van der Waals surface area (Å²) < 4.78 is 38.0. The summed E-state index contributed by atoms with van der Waals surface area (Å²) in [6, 6.07) is 2.07. The molecule has 0 amide bonds. The quantitative estimate of drug-likeness (QED) is 0.859. The predicted molar refractivity (Wildman–Crippen MR) is 55.8 cm³/mol. The topological polar surface area (TPSA) is 56.7 Å². The molecule has 0 aromatic carbocycles. The first-order valence-electron chi connectivity index (χ1n) is 4.42. The molecule has 0 saturated heterocycles. The Labute approximate surface area is 98.8 Å². The largest absolute Gasteiger partial charge is 0.417 e. The van der Waals surface area contributed by atoms with Crippen molar-refractivity contribution in [3.63, 3.8) is 0 Å². The Morgan fingerprint density at radius 3 is 2.35 bits per heavy atom. The molecule has 0 unspecified atom stereocenters. The predicted octanol–water partition coefficient (Wildman–Crippen LogP) is 2.52. The van der Waals surface area contributed by atoms with Crippen molar-refractivity contribution in [3.05, 3.63) is 35.1 Å². The van der Waals surface area contributed by atoms with Crippen molar-refractivity contribution in [3.8, 4) is 5.82 Å². The smallest absolute Gasteiger partial charge is 0.382 e. The van der Waals surface area contributed by atoms with Gasteiger partial charge >= 0.3 is 6.18 Å². The molecular formula is C9H6ClF3N4. The molecule has 17 heavy (non-hydrogen) atoms. The number of nitrogens with zero attached hydrogens (tertiary/aromatic N) is 3. The average molecular weight is 263 g/mol. The van der Waals surface area contributed by atoms with Crippen LogP contribution in [0.3, 0.4) is 0 Å². The van der Waals surface area contributed by atoms with Gasteiger partial charge in [0.15, 0.2) is 5.82 Å². The minimum Gasteiger partial charge on any atom is -0.382 e. The van der Waals surface area contributed by atoms with Crippen LogP contribution in [0, 0.1) is 0 Å². The van der Waals surface area contributed by atoms with Crippen molar-refractivity contribution in [2.45, 2.75) is 6.18 Å². The second kappa shape index (κ2) is 3.92. The second-order valence-corrected chi connectivity index (χ2v) is 3.60. The maximum atomic E-state index is 12.3. The van der Waals surface area contributed by atoms with E-state index in [4.69, 9.17) is 17.3 Å². The van der Waals surface area contributed by atoms with Crippen LogP contribution in [0.15, 0.2) is 24.5 Å². The van der Waals surface area contributed by atoms with E-state index in [9.17, 15) is 13.2 Å². The van der Waals surface area contributed by atoms with E-state index in [0.29, 0.717) is 6.20 Å². The molecule has 0 aliphatic heterocycles. The molecule has 0 aliphatic carbocycles. The third-order valence-electron chi connectivity index (χ3n) is 2.05. The Kier molecular flexibility index (Phi) is 2.70. The van der Waals surface area contributed by atoms with E-state index in [1.54, 1.807) is 0 Å². The fourth-order valence-electron chi connectivity index (χ4n) is 1.20. The molecule has 8 heteroatoms. The van der Waals surface area contributed by atoms with Gasteiger partial charge in [-0.2, -0.15) is 23.0 Å². The second-order valence-electron chi connectivity index (χ2n) is 3.19. The standard InChI is InChI=1S/C9H6ClF3N4/c10-6-4-16-17(8(6)14)7-2-1-5(3-15-7)9(11,12)13/h1-4H,14H2. The molecule has 0 radical (unpaired) electrons. The third-order valence-corrected chi connectivity index (χ3v) is 2.34. The average Bonchev–Trinajstić information content (AvgIpc) is 2.59. The lowest BCUT2D eigenvalue weighted by molar-refractivity contribution is -0.137. The molecular weight excluding hydrogens is 257 g/mol. The van der Waals surface area contributed by atoms with Gasteiger partial charge in [0.2, 0.25) is 0 Å². The van der Waals surface area contributed by atoms with Crippen molar-refractivity contribution >= 4 is 17.4 Å². The van der Waals surface area contributed by atoms with Gasteiger partial charge in [0.05, 0.1) is 11.8 Å². The van der Waals surface area contributed by atoms with E-state index < -0.39 is 11.7 Å². The number of hydrogen-bond acceptors (Lipinski definition) is 3. The summed E-state index contributed by atoms with van der Waals surface area (Å²) in [5.74, 6) is 0.293. The van der Waals surface area contributed by atoms with Crippen LogP contribution in [-0.2, 0) is 6.18 Å². The zero-order chi connectivity index (χ0) is 12.6. The van der Waals surface area contributed by atoms with Gasteiger partial charge in [0.25, 0.3) is 0 Å². The Hall–Kier alpha value is -1.76. The highest BCUT2D eigenvalue weighted by atomic mass is 35.5. The summed E-state index contributed by atoms with van der Waals surface area (Å²) in [5, 5.41) is 4.01. The van der Waals surface area contributed by atoms with Crippen LogP contribution in [0.2, 0.25) is 5.02 Å². The Morgan fingerprint density at radius 1 is 1.24 bits per heavy atom. The van der Waals surface area contributed by atoms with Crippen LogP contribution in [0.1, 0.15) is 5.56 Å². The van der Waals surface area contributed by atoms with E-state index in [0.717, 1.165) is 10.7 Å². The highest BCUT2D eigenvalue weighted by molar-refractivity contribution is 6.32. The first-order valence-corrected chi connectivity index (χ1v) is 4.80. The molecule has 0 saturated carbocycles. The molecule has 4 nitrogen and oxygen atoms in total. The third kappa shape index (κ3) is 2.19. The number of aromatic nitrogens is 3. The van der Waals surface area contributed by atoms with Crippen molar-refractivity contribution in [2.24, 2.45) is 0 Å². The van der Waals surface area contributed by atoms with E-state index >= 15 is 0 Å². The van der Waals surface area contributed by atoms with Crippen molar-refractivity contribution < 1.29 is 13.2 Å². The van der Waals surface area contributed by atoms with E-state index in [1.165, 1.54) is 12.3 Å².